The predicted molar refractivity (Wildman–Crippen MR) is 113 cm³/mol. The van der Waals surface area contributed by atoms with Crippen molar-refractivity contribution in [3.63, 3.8) is 0 Å². The van der Waals surface area contributed by atoms with Gasteiger partial charge in [0, 0.05) is 6.54 Å². The van der Waals surface area contributed by atoms with Crippen LogP contribution in [0.3, 0.4) is 0 Å². The monoisotopic (exact) mass is 456 g/mol. The van der Waals surface area contributed by atoms with Gasteiger partial charge in [-0.25, -0.2) is 4.39 Å². The number of rotatable bonds is 7. The molecule has 6 heteroatoms. The molecule has 0 aliphatic rings. The quantitative estimate of drug-likeness (QED) is 0.382. The van der Waals surface area contributed by atoms with Crippen molar-refractivity contribution in [2.45, 2.75) is 12.5 Å². The molecule has 136 valence electrons. The number of benzene rings is 2. The van der Waals surface area contributed by atoms with Crippen LogP contribution in [0.1, 0.15) is 17.2 Å². The summed E-state index contributed by atoms with van der Waals surface area (Å²) in [7, 11) is 3.95. The first-order valence-electron chi connectivity index (χ1n) is 8.06. The van der Waals surface area contributed by atoms with Gasteiger partial charge in [0.15, 0.2) is 5.96 Å². The largest absolute Gasteiger partial charge is 0.370 e. The van der Waals surface area contributed by atoms with Gasteiger partial charge in [-0.3, -0.25) is 4.99 Å². The highest BCUT2D eigenvalue weighted by molar-refractivity contribution is 14.0. The molecule has 0 aliphatic heterocycles. The van der Waals surface area contributed by atoms with Gasteiger partial charge < -0.3 is 16.0 Å². The van der Waals surface area contributed by atoms with E-state index in [2.05, 4.69) is 22.4 Å². The summed E-state index contributed by atoms with van der Waals surface area (Å²) in [6.45, 7) is 1.26. The molecule has 0 aliphatic carbocycles. The molecule has 0 heterocycles. The zero-order chi connectivity index (χ0) is 17.4. The molecule has 0 radical (unpaired) electrons. The maximum atomic E-state index is 13.1. The minimum Gasteiger partial charge on any atom is -0.370 e. The van der Waals surface area contributed by atoms with E-state index in [9.17, 15) is 4.39 Å². The minimum absolute atomic E-state index is 0. The third kappa shape index (κ3) is 7.39. The summed E-state index contributed by atoms with van der Waals surface area (Å²) in [6.07, 6.45) is 0.895. The van der Waals surface area contributed by atoms with Crippen LogP contribution in [0.15, 0.2) is 59.6 Å². The van der Waals surface area contributed by atoms with Crippen LogP contribution in [0.4, 0.5) is 4.39 Å². The van der Waals surface area contributed by atoms with Crippen LogP contribution < -0.4 is 11.1 Å². The van der Waals surface area contributed by atoms with E-state index in [1.807, 2.05) is 37.2 Å². The zero-order valence-corrected chi connectivity index (χ0v) is 17.0. The van der Waals surface area contributed by atoms with E-state index in [0.717, 1.165) is 18.5 Å². The van der Waals surface area contributed by atoms with Crippen molar-refractivity contribution >= 4 is 29.9 Å². The molecule has 2 aromatic rings. The molecule has 1 atom stereocenters. The van der Waals surface area contributed by atoms with Crippen LogP contribution in [0.2, 0.25) is 0 Å². The molecule has 1 unspecified atom stereocenters. The lowest BCUT2D eigenvalue weighted by Gasteiger charge is -2.23. The summed E-state index contributed by atoms with van der Waals surface area (Å²) < 4.78 is 13.1. The minimum atomic E-state index is -0.234. The van der Waals surface area contributed by atoms with Crippen molar-refractivity contribution in [3.8, 4) is 0 Å². The van der Waals surface area contributed by atoms with Crippen molar-refractivity contribution < 1.29 is 4.39 Å². The topological polar surface area (TPSA) is 53.6 Å². The van der Waals surface area contributed by atoms with Crippen molar-refractivity contribution in [3.05, 3.63) is 71.5 Å². The van der Waals surface area contributed by atoms with E-state index in [1.165, 1.54) is 17.7 Å². The smallest absolute Gasteiger partial charge is 0.188 e. The molecule has 0 bridgehead atoms. The van der Waals surface area contributed by atoms with Gasteiger partial charge in [0.25, 0.3) is 0 Å². The Morgan fingerprint density at radius 1 is 1.12 bits per heavy atom. The fraction of sp³-hybridized carbons (Fsp3) is 0.316. The number of guanidine groups is 1. The van der Waals surface area contributed by atoms with Crippen molar-refractivity contribution in [2.75, 3.05) is 27.2 Å². The summed E-state index contributed by atoms with van der Waals surface area (Å²) in [5, 5.41) is 3.14. The molecule has 0 fully saturated rings. The lowest BCUT2D eigenvalue weighted by Crippen LogP contribution is -2.34. The zero-order valence-electron chi connectivity index (χ0n) is 14.7. The Kier molecular flexibility index (Phi) is 9.44. The Morgan fingerprint density at radius 3 is 2.36 bits per heavy atom. The maximum Gasteiger partial charge on any atom is 0.188 e. The highest BCUT2D eigenvalue weighted by Crippen LogP contribution is 2.18. The maximum absolute atomic E-state index is 13.1. The van der Waals surface area contributed by atoms with E-state index >= 15 is 0 Å². The highest BCUT2D eigenvalue weighted by atomic mass is 127. The number of likely N-dealkylation sites (N-methyl/N-ethyl adjacent to an activating group) is 1. The number of nitrogens with two attached hydrogens (primary N) is 1. The number of hydrogen-bond acceptors (Lipinski definition) is 2. The first-order valence-corrected chi connectivity index (χ1v) is 8.06. The van der Waals surface area contributed by atoms with E-state index in [0.29, 0.717) is 12.5 Å². The fourth-order valence-corrected chi connectivity index (χ4v) is 2.47. The summed E-state index contributed by atoms with van der Waals surface area (Å²) in [6, 6.07) is 16.8. The van der Waals surface area contributed by atoms with Crippen molar-refractivity contribution in [1.82, 2.24) is 10.2 Å². The Labute approximate surface area is 166 Å². The summed E-state index contributed by atoms with van der Waals surface area (Å²) in [4.78, 5) is 6.47. The normalized spacial score (nSPS) is 12.6. The van der Waals surface area contributed by atoms with Crippen LogP contribution in [0.25, 0.3) is 0 Å². The third-order valence-electron chi connectivity index (χ3n) is 3.88. The van der Waals surface area contributed by atoms with Gasteiger partial charge in [0.1, 0.15) is 5.82 Å². The molecule has 2 aromatic carbocycles. The lowest BCUT2D eigenvalue weighted by molar-refractivity contribution is 0.306. The number of hydrogen-bond donors (Lipinski definition) is 2. The number of aliphatic imine (C=N–C) groups is 1. The van der Waals surface area contributed by atoms with Gasteiger partial charge in [0.05, 0.1) is 12.6 Å². The van der Waals surface area contributed by atoms with Crippen molar-refractivity contribution in [1.29, 1.82) is 0 Å². The lowest BCUT2D eigenvalue weighted by atomic mass is 10.1. The van der Waals surface area contributed by atoms with Crippen LogP contribution >= 0.6 is 24.0 Å². The van der Waals surface area contributed by atoms with Gasteiger partial charge in [-0.1, -0.05) is 42.5 Å². The van der Waals surface area contributed by atoms with E-state index < -0.39 is 0 Å². The summed E-state index contributed by atoms with van der Waals surface area (Å²) >= 11 is 0. The standard InChI is InChI=1S/C19H25FN4.HI/c1-24(2)18(16-8-10-17(20)11-9-16)14-23-19(21)22-13-12-15-6-4-3-5-7-15;/h3-11,18H,12-14H2,1-2H3,(H3,21,22,23);1H. The third-order valence-corrected chi connectivity index (χ3v) is 3.88. The Balaban J connectivity index is 0.00000312. The summed E-state index contributed by atoms with van der Waals surface area (Å²) in [5.74, 6) is 0.196. The van der Waals surface area contributed by atoms with Gasteiger partial charge in [-0.15, -0.1) is 24.0 Å². The molecule has 0 amide bonds. The van der Waals surface area contributed by atoms with Gasteiger partial charge in [-0.05, 0) is 43.8 Å². The molecule has 0 aromatic heterocycles. The number of nitrogens with one attached hydrogen (secondary N) is 1. The fourth-order valence-electron chi connectivity index (χ4n) is 2.47. The average molecular weight is 456 g/mol. The Morgan fingerprint density at radius 2 is 1.76 bits per heavy atom. The first kappa shape index (κ1) is 21.4. The second kappa shape index (κ2) is 11.0. The Bertz CT molecular complexity index is 644. The molecule has 0 saturated carbocycles. The molecule has 2 rings (SSSR count). The molecule has 4 nitrogen and oxygen atoms in total. The predicted octanol–water partition coefficient (Wildman–Crippen LogP) is 3.19. The van der Waals surface area contributed by atoms with Gasteiger partial charge in [-0.2, -0.15) is 0 Å². The van der Waals surface area contributed by atoms with Gasteiger partial charge in [0.2, 0.25) is 0 Å². The molecule has 0 spiro atoms. The molecule has 3 N–H and O–H groups in total. The first-order chi connectivity index (χ1) is 11.6. The second-order valence-corrected chi connectivity index (χ2v) is 5.92. The van der Waals surface area contributed by atoms with Gasteiger partial charge >= 0.3 is 0 Å². The number of halogens is 2. The SMILES string of the molecule is CN(C)C(CN=C(N)NCCc1ccccc1)c1ccc(F)cc1.I. The molecular formula is C19H26FIN4. The van der Waals surface area contributed by atoms with E-state index in [4.69, 9.17) is 5.73 Å². The average Bonchev–Trinajstić information content (AvgIpc) is 2.57. The number of nitrogens with zero attached hydrogens (tertiary/aromatic N) is 2. The van der Waals surface area contributed by atoms with Crippen LogP contribution in [-0.4, -0.2) is 38.0 Å². The molecule has 0 saturated heterocycles. The van der Waals surface area contributed by atoms with E-state index in [1.54, 1.807) is 12.1 Å². The highest BCUT2D eigenvalue weighted by Gasteiger charge is 2.13. The van der Waals surface area contributed by atoms with E-state index in [-0.39, 0.29) is 35.8 Å². The van der Waals surface area contributed by atoms with Crippen molar-refractivity contribution in [2.24, 2.45) is 10.7 Å². The van der Waals surface area contributed by atoms with Crippen LogP contribution in [0.5, 0.6) is 0 Å². The summed E-state index contributed by atoms with van der Waals surface area (Å²) in [5.41, 5.74) is 8.22. The molecule has 25 heavy (non-hydrogen) atoms. The molecular weight excluding hydrogens is 430 g/mol. The van der Waals surface area contributed by atoms with Crippen LogP contribution in [0, 0.1) is 5.82 Å². The second-order valence-electron chi connectivity index (χ2n) is 5.92. The Hall–Kier alpha value is -1.67. The van der Waals surface area contributed by atoms with Crippen LogP contribution in [-0.2, 0) is 6.42 Å².